The molecule has 0 saturated carbocycles. The Morgan fingerprint density at radius 2 is 1.90 bits per heavy atom. The van der Waals surface area contributed by atoms with E-state index in [4.69, 9.17) is 9.72 Å². The number of morpholine rings is 1. The van der Waals surface area contributed by atoms with Crippen LogP contribution in [-0.4, -0.2) is 53.1 Å². The Morgan fingerprint density at radius 1 is 1.13 bits per heavy atom. The quantitative estimate of drug-likeness (QED) is 0.383. The summed E-state index contributed by atoms with van der Waals surface area (Å²) in [6.45, 7) is 6.80. The zero-order chi connectivity index (χ0) is 20.5. The lowest BCUT2D eigenvalue weighted by Gasteiger charge is -2.23. The number of H-pyrrole nitrogens is 1. The third-order valence-electron chi connectivity index (χ3n) is 5.74. The minimum Gasteiger partial charge on any atom is -0.370 e. The number of para-hydroxylation sites is 2. The van der Waals surface area contributed by atoms with Gasteiger partial charge in [0.25, 0.3) is 5.56 Å². The van der Waals surface area contributed by atoms with Gasteiger partial charge in [0, 0.05) is 10.9 Å². The number of aromatic amines is 1. The lowest BCUT2D eigenvalue weighted by atomic mass is 10.2. The maximum absolute atomic E-state index is 13.6. The van der Waals surface area contributed by atoms with Crippen LogP contribution in [0.15, 0.2) is 58.5 Å². The molecule has 1 aliphatic heterocycles. The molecule has 1 aliphatic rings. The molecule has 0 amide bonds. The van der Waals surface area contributed by atoms with Gasteiger partial charge in [0.2, 0.25) is 0 Å². The van der Waals surface area contributed by atoms with Gasteiger partial charge in [-0.25, -0.2) is 4.98 Å². The first-order valence-electron chi connectivity index (χ1n) is 10.4. The lowest BCUT2D eigenvalue weighted by molar-refractivity contribution is -0.905. The molecule has 2 aromatic carbocycles. The SMILES string of the molecule is Cc1ccccc1-n1c(SCC[NH+]2CCOCC2)nc2c([nH]c3ccccc32)c1=O. The fourth-order valence-electron chi connectivity index (χ4n) is 4.06. The molecule has 0 spiro atoms. The van der Waals surface area contributed by atoms with E-state index in [0.29, 0.717) is 5.52 Å². The smallest absolute Gasteiger partial charge is 0.283 e. The van der Waals surface area contributed by atoms with E-state index in [9.17, 15) is 4.79 Å². The fraction of sp³-hybridized carbons (Fsp3) is 0.304. The molecule has 2 aromatic heterocycles. The maximum atomic E-state index is 13.6. The van der Waals surface area contributed by atoms with Gasteiger partial charge in [0.1, 0.15) is 24.1 Å². The van der Waals surface area contributed by atoms with Gasteiger partial charge in [-0.05, 0) is 24.6 Å². The summed E-state index contributed by atoms with van der Waals surface area (Å²) < 4.78 is 7.23. The first kappa shape index (κ1) is 19.4. The predicted molar refractivity (Wildman–Crippen MR) is 121 cm³/mol. The highest BCUT2D eigenvalue weighted by molar-refractivity contribution is 7.99. The molecule has 2 N–H and O–H groups in total. The molecule has 30 heavy (non-hydrogen) atoms. The van der Waals surface area contributed by atoms with Gasteiger partial charge in [0.15, 0.2) is 5.16 Å². The van der Waals surface area contributed by atoms with Crippen LogP contribution >= 0.6 is 11.8 Å². The summed E-state index contributed by atoms with van der Waals surface area (Å²) in [6.07, 6.45) is 0. The van der Waals surface area contributed by atoms with Crippen molar-refractivity contribution in [2.24, 2.45) is 0 Å². The number of fused-ring (bicyclic) bond motifs is 3. The van der Waals surface area contributed by atoms with Gasteiger partial charge >= 0.3 is 0 Å². The summed E-state index contributed by atoms with van der Waals surface area (Å²) >= 11 is 1.66. The Bertz CT molecular complexity index is 1260. The van der Waals surface area contributed by atoms with Crippen molar-refractivity contribution in [3.63, 3.8) is 0 Å². The summed E-state index contributed by atoms with van der Waals surface area (Å²) in [4.78, 5) is 23.4. The van der Waals surface area contributed by atoms with Crippen molar-refractivity contribution in [1.82, 2.24) is 14.5 Å². The Balaban J connectivity index is 1.60. The molecule has 0 bridgehead atoms. The van der Waals surface area contributed by atoms with Crippen molar-refractivity contribution in [3.05, 3.63) is 64.4 Å². The molecule has 3 heterocycles. The highest BCUT2D eigenvalue weighted by Crippen LogP contribution is 2.26. The number of nitrogens with one attached hydrogen (secondary N) is 2. The average Bonchev–Trinajstić information content (AvgIpc) is 3.15. The number of hydrogen-bond donors (Lipinski definition) is 2. The van der Waals surface area contributed by atoms with Crippen molar-refractivity contribution in [1.29, 1.82) is 0 Å². The van der Waals surface area contributed by atoms with E-state index in [-0.39, 0.29) is 5.56 Å². The molecule has 0 atom stereocenters. The average molecular weight is 422 g/mol. The highest BCUT2D eigenvalue weighted by Gasteiger charge is 2.19. The molecule has 0 aliphatic carbocycles. The van der Waals surface area contributed by atoms with Gasteiger partial charge < -0.3 is 14.6 Å². The Hall–Kier alpha value is -2.61. The molecule has 5 rings (SSSR count). The van der Waals surface area contributed by atoms with E-state index in [1.807, 2.05) is 55.5 Å². The molecular weight excluding hydrogens is 396 g/mol. The van der Waals surface area contributed by atoms with E-state index in [1.165, 1.54) is 0 Å². The van der Waals surface area contributed by atoms with E-state index in [0.717, 1.165) is 71.4 Å². The van der Waals surface area contributed by atoms with Crippen LogP contribution in [0.3, 0.4) is 0 Å². The predicted octanol–water partition coefficient (Wildman–Crippen LogP) is 2.18. The van der Waals surface area contributed by atoms with Crippen LogP contribution in [0.5, 0.6) is 0 Å². The monoisotopic (exact) mass is 421 g/mol. The summed E-state index contributed by atoms with van der Waals surface area (Å²) in [6, 6.07) is 15.9. The first-order chi connectivity index (χ1) is 14.7. The van der Waals surface area contributed by atoms with Crippen molar-refractivity contribution < 1.29 is 9.64 Å². The second kappa shape index (κ2) is 8.26. The van der Waals surface area contributed by atoms with E-state index in [2.05, 4.69) is 4.98 Å². The largest absolute Gasteiger partial charge is 0.370 e. The van der Waals surface area contributed by atoms with Gasteiger partial charge in [-0.15, -0.1) is 0 Å². The van der Waals surface area contributed by atoms with Crippen LogP contribution in [0, 0.1) is 6.92 Å². The van der Waals surface area contributed by atoms with Crippen LogP contribution < -0.4 is 10.5 Å². The Morgan fingerprint density at radius 3 is 2.73 bits per heavy atom. The van der Waals surface area contributed by atoms with E-state index in [1.54, 1.807) is 21.2 Å². The van der Waals surface area contributed by atoms with Crippen molar-refractivity contribution in [2.45, 2.75) is 12.1 Å². The zero-order valence-corrected chi connectivity index (χ0v) is 17.8. The van der Waals surface area contributed by atoms with Crippen molar-refractivity contribution >= 4 is 33.7 Å². The molecule has 6 nitrogen and oxygen atoms in total. The van der Waals surface area contributed by atoms with E-state index < -0.39 is 0 Å². The molecule has 1 fully saturated rings. The first-order valence-corrected chi connectivity index (χ1v) is 11.3. The number of aromatic nitrogens is 3. The fourth-order valence-corrected chi connectivity index (χ4v) is 5.10. The molecule has 0 radical (unpaired) electrons. The van der Waals surface area contributed by atoms with Gasteiger partial charge in [-0.3, -0.25) is 9.36 Å². The maximum Gasteiger partial charge on any atom is 0.283 e. The molecule has 1 saturated heterocycles. The van der Waals surface area contributed by atoms with Gasteiger partial charge in [-0.1, -0.05) is 48.2 Å². The second-order valence-corrected chi connectivity index (χ2v) is 8.74. The van der Waals surface area contributed by atoms with Crippen LogP contribution in [0.2, 0.25) is 0 Å². The molecule has 0 unspecified atom stereocenters. The number of aryl methyl sites for hydroxylation is 1. The minimum atomic E-state index is -0.0493. The molecule has 4 aromatic rings. The third-order valence-corrected chi connectivity index (χ3v) is 6.68. The second-order valence-electron chi connectivity index (χ2n) is 7.68. The number of quaternary nitrogens is 1. The lowest BCUT2D eigenvalue weighted by Crippen LogP contribution is -3.14. The molecule has 7 heteroatoms. The van der Waals surface area contributed by atoms with Crippen molar-refractivity contribution in [3.8, 4) is 5.69 Å². The number of hydrogen-bond acceptors (Lipinski definition) is 4. The standard InChI is InChI=1S/C23H24N4O2S/c1-16-6-2-5-9-19(16)27-22(28)21-20(17-7-3-4-8-18(17)24-21)25-23(27)30-15-12-26-10-13-29-14-11-26/h2-9,24H,10-15H2,1H3/p+1. The summed E-state index contributed by atoms with van der Waals surface area (Å²) in [5, 5.41) is 1.74. The van der Waals surface area contributed by atoms with Crippen LogP contribution in [0.4, 0.5) is 0 Å². The third kappa shape index (κ3) is 3.53. The highest BCUT2D eigenvalue weighted by atomic mass is 32.2. The van der Waals surface area contributed by atoms with Crippen LogP contribution in [0.1, 0.15) is 5.56 Å². The Labute approximate surface area is 178 Å². The summed E-state index contributed by atoms with van der Waals surface area (Å²) in [5.74, 6) is 0.904. The Kier molecular flexibility index (Phi) is 5.33. The van der Waals surface area contributed by atoms with Crippen LogP contribution in [0.25, 0.3) is 27.6 Å². The number of thioether (sulfide) groups is 1. The van der Waals surface area contributed by atoms with Crippen molar-refractivity contribution in [2.75, 3.05) is 38.6 Å². The van der Waals surface area contributed by atoms with Crippen LogP contribution in [-0.2, 0) is 4.74 Å². The number of ether oxygens (including phenoxy) is 1. The van der Waals surface area contributed by atoms with E-state index >= 15 is 0 Å². The number of rotatable bonds is 5. The minimum absolute atomic E-state index is 0.0493. The number of benzene rings is 2. The van der Waals surface area contributed by atoms with Gasteiger partial charge in [0.05, 0.1) is 31.2 Å². The van der Waals surface area contributed by atoms with Gasteiger partial charge in [-0.2, -0.15) is 0 Å². The summed E-state index contributed by atoms with van der Waals surface area (Å²) in [5.41, 5.74) is 4.14. The molecule has 154 valence electrons. The normalized spacial score (nSPS) is 15.2. The summed E-state index contributed by atoms with van der Waals surface area (Å²) in [7, 11) is 0. The number of nitrogens with zero attached hydrogens (tertiary/aromatic N) is 2. The molecular formula is C23H25N4O2S+. The topological polar surface area (TPSA) is 64.3 Å². The zero-order valence-electron chi connectivity index (χ0n) is 17.0.